The van der Waals surface area contributed by atoms with Crippen molar-refractivity contribution in [3.63, 3.8) is 0 Å². The summed E-state index contributed by atoms with van der Waals surface area (Å²) in [6.07, 6.45) is 10.3. The topological polar surface area (TPSA) is 92.3 Å². The predicted molar refractivity (Wildman–Crippen MR) is 132 cm³/mol. The van der Waals surface area contributed by atoms with Crippen molar-refractivity contribution in [2.24, 2.45) is 11.8 Å². The first-order valence-corrected chi connectivity index (χ1v) is 12.2. The van der Waals surface area contributed by atoms with Gasteiger partial charge in [-0.25, -0.2) is 0 Å². The van der Waals surface area contributed by atoms with Crippen molar-refractivity contribution >= 4 is 23.4 Å². The van der Waals surface area contributed by atoms with E-state index in [1.807, 2.05) is 27.7 Å². The second kappa shape index (κ2) is 21.5. The summed E-state index contributed by atoms with van der Waals surface area (Å²) >= 11 is 0. The highest BCUT2D eigenvalue weighted by Crippen LogP contribution is 2.07. The van der Waals surface area contributed by atoms with Crippen molar-refractivity contribution in [3.05, 3.63) is 0 Å². The van der Waals surface area contributed by atoms with Crippen molar-refractivity contribution in [3.8, 4) is 0 Å². The van der Waals surface area contributed by atoms with Gasteiger partial charge >= 0.3 is 0 Å². The maximum atomic E-state index is 11.5. The molecule has 2 N–H and O–H groups in total. The monoisotopic (exact) mass is 444 g/mol. The summed E-state index contributed by atoms with van der Waals surface area (Å²) in [5, 5.41) is 5.48. The maximum Gasteiger partial charge on any atom is 0.219 e. The fourth-order valence-corrected chi connectivity index (χ4v) is 2.74. The highest BCUT2D eigenvalue weighted by Gasteiger charge is 2.08. The summed E-state index contributed by atoms with van der Waals surface area (Å²) in [7, 11) is 1.63. The first-order valence-electron chi connectivity index (χ1n) is 12.2. The summed E-state index contributed by atoms with van der Waals surface area (Å²) in [6, 6.07) is 0. The van der Waals surface area contributed by atoms with Crippen LogP contribution in [-0.4, -0.2) is 37.0 Å². The van der Waals surface area contributed by atoms with Gasteiger partial charge in [-0.05, 0) is 32.1 Å². The number of nitrogens with one attached hydrogen (secondary N) is 2. The Labute approximate surface area is 193 Å². The van der Waals surface area contributed by atoms with E-state index in [0.717, 1.165) is 38.6 Å². The van der Waals surface area contributed by atoms with Gasteiger partial charge in [-0.3, -0.25) is 19.2 Å². The van der Waals surface area contributed by atoms with E-state index in [1.54, 1.807) is 7.05 Å². The van der Waals surface area contributed by atoms with Crippen molar-refractivity contribution < 1.29 is 22.0 Å². The number of hydrogen-bond acceptors (Lipinski definition) is 4. The van der Waals surface area contributed by atoms with Gasteiger partial charge in [-0.1, -0.05) is 53.9 Å². The quantitative estimate of drug-likeness (QED) is 0.291. The maximum absolute atomic E-state index is 11.5. The van der Waals surface area contributed by atoms with E-state index < -0.39 is 0 Å². The molecule has 0 aromatic carbocycles. The minimum Gasteiger partial charge on any atom is -0.359 e. The fourth-order valence-electron chi connectivity index (χ4n) is 2.74. The molecule has 0 aliphatic carbocycles. The Hall–Kier alpha value is -1.72. The molecule has 0 saturated carbocycles. The average Bonchev–Trinajstić information content (AvgIpc) is 2.73. The number of hydrogen-bond donors (Lipinski definition) is 2. The van der Waals surface area contributed by atoms with Crippen LogP contribution in [0, 0.1) is 11.8 Å². The van der Waals surface area contributed by atoms with Crippen LogP contribution in [0.4, 0.5) is 0 Å². The third kappa shape index (κ3) is 22.8. The minimum absolute atomic E-state index is 0. The number of carbonyl (C=O) groups excluding carboxylic acids is 4. The number of amides is 2. The van der Waals surface area contributed by atoms with Gasteiger partial charge in [0, 0.05) is 54.0 Å². The zero-order valence-electron chi connectivity index (χ0n) is 21.0. The summed E-state index contributed by atoms with van der Waals surface area (Å²) in [5.41, 5.74) is 0. The molecule has 0 spiro atoms. The van der Waals surface area contributed by atoms with E-state index in [4.69, 9.17) is 0 Å². The van der Waals surface area contributed by atoms with Crippen LogP contribution >= 0.6 is 0 Å². The van der Waals surface area contributed by atoms with Crippen LogP contribution in [0.3, 0.4) is 0 Å². The second-order valence-electron chi connectivity index (χ2n) is 8.74. The second-order valence-corrected chi connectivity index (χ2v) is 8.74. The number of carbonyl (C=O) groups is 4. The Bertz CT molecular complexity index is 513. The molecule has 0 fully saturated rings. The molecule has 186 valence electrons. The highest BCUT2D eigenvalue weighted by atomic mass is 16.2. The van der Waals surface area contributed by atoms with Crippen LogP contribution in [0.2, 0.25) is 0 Å². The third-order valence-corrected chi connectivity index (χ3v) is 5.07. The largest absolute Gasteiger partial charge is 0.359 e. The first-order chi connectivity index (χ1) is 14.6. The number of rotatable bonds is 17. The van der Waals surface area contributed by atoms with Crippen LogP contribution < -0.4 is 10.6 Å². The lowest BCUT2D eigenvalue weighted by Crippen LogP contribution is -2.24. The van der Waals surface area contributed by atoms with Crippen LogP contribution in [0.25, 0.3) is 0 Å². The minimum atomic E-state index is 0. The molecule has 0 aliphatic rings. The number of Topliss-reactive ketones (excluding diaryl/α,β-unsaturated/α-hetero) is 2. The Morgan fingerprint density at radius 2 is 1.10 bits per heavy atom. The molecule has 6 heteroatoms. The van der Waals surface area contributed by atoms with E-state index in [-0.39, 0.29) is 32.3 Å². The van der Waals surface area contributed by atoms with E-state index in [0.29, 0.717) is 31.5 Å². The number of ketones is 2. The summed E-state index contributed by atoms with van der Waals surface area (Å²) in [4.78, 5) is 44.8. The zero-order valence-corrected chi connectivity index (χ0v) is 21.0. The highest BCUT2D eigenvalue weighted by molar-refractivity contribution is 5.81. The van der Waals surface area contributed by atoms with Gasteiger partial charge in [0.15, 0.2) is 0 Å². The van der Waals surface area contributed by atoms with Crippen LogP contribution in [0.5, 0.6) is 0 Å². The Balaban J connectivity index is -0.000000251. The van der Waals surface area contributed by atoms with Gasteiger partial charge in [-0.2, -0.15) is 0 Å². The van der Waals surface area contributed by atoms with E-state index in [2.05, 4.69) is 17.6 Å². The molecule has 0 aromatic heterocycles. The van der Waals surface area contributed by atoms with Gasteiger partial charge in [0.05, 0.1) is 0 Å². The molecule has 0 saturated heterocycles. The zero-order chi connectivity index (χ0) is 24.1. The molecular weight excluding hydrogens is 392 g/mol. The smallest absolute Gasteiger partial charge is 0.219 e. The fraction of sp³-hybridized carbons (Fsp3) is 0.840. The SMILES string of the molecule is CCCCCCNC(=O)CCCCC(=O)C(C)C.CNC(=O)CCCCC(=O)C(C)C.[HH].[HH]. The molecule has 0 bridgehead atoms. The molecule has 0 aromatic rings. The lowest BCUT2D eigenvalue weighted by molar-refractivity contribution is -0.123. The van der Waals surface area contributed by atoms with Gasteiger partial charge in [0.1, 0.15) is 11.6 Å². The summed E-state index contributed by atoms with van der Waals surface area (Å²) < 4.78 is 0. The summed E-state index contributed by atoms with van der Waals surface area (Å²) in [6.45, 7) is 10.6. The van der Waals surface area contributed by atoms with Gasteiger partial charge in [-0.15, -0.1) is 0 Å². The van der Waals surface area contributed by atoms with E-state index in [9.17, 15) is 19.2 Å². The van der Waals surface area contributed by atoms with Crippen molar-refractivity contribution in [1.29, 1.82) is 0 Å². The van der Waals surface area contributed by atoms with Gasteiger partial charge in [0.25, 0.3) is 0 Å². The molecule has 0 heterocycles. The molecule has 31 heavy (non-hydrogen) atoms. The van der Waals surface area contributed by atoms with Gasteiger partial charge < -0.3 is 10.6 Å². The predicted octanol–water partition coefficient (Wildman–Crippen LogP) is 5.48. The third-order valence-electron chi connectivity index (χ3n) is 5.07. The Morgan fingerprint density at radius 3 is 1.52 bits per heavy atom. The molecule has 0 radical (unpaired) electrons. The Kier molecular flexibility index (Phi) is 21.8. The lowest BCUT2D eigenvalue weighted by atomic mass is 10.0. The van der Waals surface area contributed by atoms with Gasteiger partial charge in [0.2, 0.25) is 11.8 Å². The molecule has 0 unspecified atom stereocenters. The normalized spacial score (nSPS) is 10.5. The van der Waals surface area contributed by atoms with E-state index in [1.165, 1.54) is 19.3 Å². The first kappa shape index (κ1) is 31.5. The van der Waals surface area contributed by atoms with Crippen LogP contribution in [-0.2, 0) is 19.2 Å². The number of unbranched alkanes of at least 4 members (excludes halogenated alkanes) is 5. The molecule has 0 aliphatic heterocycles. The molecule has 0 rings (SSSR count). The molecule has 6 nitrogen and oxygen atoms in total. The van der Waals surface area contributed by atoms with Crippen molar-refractivity contribution in [1.82, 2.24) is 10.6 Å². The molecular formula is C25H52N2O4. The van der Waals surface area contributed by atoms with Crippen molar-refractivity contribution in [2.45, 2.75) is 112 Å². The average molecular weight is 445 g/mol. The lowest BCUT2D eigenvalue weighted by Gasteiger charge is -2.05. The van der Waals surface area contributed by atoms with Crippen molar-refractivity contribution in [2.75, 3.05) is 13.6 Å². The molecule has 0 atom stereocenters. The molecule has 2 amide bonds. The Morgan fingerprint density at radius 1 is 0.645 bits per heavy atom. The van der Waals surface area contributed by atoms with Crippen LogP contribution in [0.1, 0.15) is 115 Å². The van der Waals surface area contributed by atoms with E-state index >= 15 is 0 Å². The van der Waals surface area contributed by atoms with Crippen LogP contribution in [0.15, 0.2) is 0 Å². The standard InChI is InChI=1S/C15H29NO2.C10H19NO2.2H2/c1-4-5-6-9-12-16-15(18)11-8-7-10-14(17)13(2)3;1-8(2)9(12)6-4-5-7-10(13)11-3;;/h13H,4-12H2,1-3H3,(H,16,18);8H,4-7H2,1-3H3,(H,11,13);2*1H. The summed E-state index contributed by atoms with van der Waals surface area (Å²) in [5.74, 6) is 1.02.